The lowest BCUT2D eigenvalue weighted by Crippen LogP contribution is -2.56. The molecule has 0 aromatic heterocycles. The van der Waals surface area contributed by atoms with Crippen molar-refractivity contribution in [1.82, 2.24) is 15.5 Å². The van der Waals surface area contributed by atoms with E-state index in [2.05, 4.69) is 10.6 Å². The van der Waals surface area contributed by atoms with Gasteiger partial charge in [-0.15, -0.1) is 0 Å². The lowest BCUT2D eigenvalue weighted by Gasteiger charge is -2.43. The standard InChI is InChI=1S/C28H39N3O4/c1-8-28(6,7)31(23(32)19-30-26(34)35-27(3,4)5)24(22-17-13-12-14-20(22)2)25(33)29-18-21-15-10-9-11-16-21/h9-17,24H,8,18-19H2,1-7H3,(H,29,33)(H,30,34). The van der Waals surface area contributed by atoms with Gasteiger partial charge in [0.25, 0.3) is 0 Å². The third kappa shape index (κ3) is 8.12. The van der Waals surface area contributed by atoms with E-state index in [9.17, 15) is 14.4 Å². The lowest BCUT2D eigenvalue weighted by atomic mass is 9.91. The number of nitrogens with zero attached hydrogens (tertiary/aromatic N) is 1. The van der Waals surface area contributed by atoms with Crippen LogP contribution in [-0.2, 0) is 20.9 Å². The van der Waals surface area contributed by atoms with E-state index in [-0.39, 0.29) is 18.4 Å². The molecule has 0 spiro atoms. The highest BCUT2D eigenvalue weighted by atomic mass is 16.6. The summed E-state index contributed by atoms with van der Waals surface area (Å²) in [7, 11) is 0. The second-order valence-electron chi connectivity index (χ2n) is 10.2. The molecule has 0 bridgehead atoms. The third-order valence-corrected chi connectivity index (χ3v) is 5.87. The third-order valence-electron chi connectivity index (χ3n) is 5.87. The van der Waals surface area contributed by atoms with Gasteiger partial charge in [-0.3, -0.25) is 9.59 Å². The highest BCUT2D eigenvalue weighted by Crippen LogP contribution is 2.32. The minimum Gasteiger partial charge on any atom is -0.444 e. The lowest BCUT2D eigenvalue weighted by molar-refractivity contribution is -0.146. The van der Waals surface area contributed by atoms with Crippen molar-refractivity contribution in [2.24, 2.45) is 0 Å². The van der Waals surface area contributed by atoms with Crippen LogP contribution in [0.25, 0.3) is 0 Å². The minimum atomic E-state index is -0.872. The second-order valence-corrected chi connectivity index (χ2v) is 10.2. The van der Waals surface area contributed by atoms with Crippen LogP contribution in [0.4, 0.5) is 4.79 Å². The van der Waals surface area contributed by atoms with Crippen LogP contribution in [0.1, 0.15) is 70.7 Å². The Morgan fingerprint density at radius 3 is 2.09 bits per heavy atom. The summed E-state index contributed by atoms with van der Waals surface area (Å²) in [6.45, 7) is 13.1. The van der Waals surface area contributed by atoms with Gasteiger partial charge in [0.05, 0.1) is 0 Å². The van der Waals surface area contributed by atoms with Crippen LogP contribution in [0.2, 0.25) is 0 Å². The Balaban J connectivity index is 2.39. The monoisotopic (exact) mass is 481 g/mol. The number of alkyl carbamates (subject to hydrolysis) is 1. The Morgan fingerprint density at radius 2 is 1.51 bits per heavy atom. The van der Waals surface area contributed by atoms with Crippen molar-refractivity contribution in [2.45, 2.75) is 78.6 Å². The summed E-state index contributed by atoms with van der Waals surface area (Å²) in [4.78, 5) is 41.1. The van der Waals surface area contributed by atoms with E-state index >= 15 is 0 Å². The summed E-state index contributed by atoms with van der Waals surface area (Å²) < 4.78 is 5.28. The fourth-order valence-corrected chi connectivity index (χ4v) is 3.72. The molecule has 2 aromatic carbocycles. The Labute approximate surface area is 209 Å². The van der Waals surface area contributed by atoms with Crippen LogP contribution in [0, 0.1) is 6.92 Å². The number of rotatable bonds is 9. The summed E-state index contributed by atoms with van der Waals surface area (Å²) in [6.07, 6.45) is -0.0689. The van der Waals surface area contributed by atoms with Crippen LogP contribution >= 0.6 is 0 Å². The van der Waals surface area contributed by atoms with Gasteiger partial charge in [-0.2, -0.15) is 0 Å². The quantitative estimate of drug-likeness (QED) is 0.534. The Morgan fingerprint density at radius 1 is 0.914 bits per heavy atom. The molecule has 0 fully saturated rings. The van der Waals surface area contributed by atoms with Gasteiger partial charge in [0, 0.05) is 12.1 Å². The average molecular weight is 482 g/mol. The summed E-state index contributed by atoms with van der Waals surface area (Å²) in [5.74, 6) is -0.652. The number of aryl methyl sites for hydroxylation is 1. The molecule has 2 aromatic rings. The zero-order valence-corrected chi connectivity index (χ0v) is 22.0. The predicted molar refractivity (Wildman–Crippen MR) is 138 cm³/mol. The molecule has 1 atom stereocenters. The molecular weight excluding hydrogens is 442 g/mol. The number of amides is 3. The van der Waals surface area contributed by atoms with Gasteiger partial charge < -0.3 is 20.3 Å². The molecule has 7 nitrogen and oxygen atoms in total. The zero-order chi connectivity index (χ0) is 26.2. The number of nitrogens with one attached hydrogen (secondary N) is 2. The predicted octanol–water partition coefficient (Wildman–Crippen LogP) is 4.89. The van der Waals surface area contributed by atoms with Crippen molar-refractivity contribution < 1.29 is 19.1 Å². The molecule has 190 valence electrons. The summed E-state index contributed by atoms with van der Waals surface area (Å²) in [5, 5.41) is 5.56. The highest BCUT2D eigenvalue weighted by molar-refractivity contribution is 5.91. The van der Waals surface area contributed by atoms with Crippen molar-refractivity contribution >= 4 is 17.9 Å². The van der Waals surface area contributed by atoms with E-state index in [1.165, 1.54) is 0 Å². The van der Waals surface area contributed by atoms with Crippen LogP contribution in [0.15, 0.2) is 54.6 Å². The molecule has 2 N–H and O–H groups in total. The molecule has 3 amide bonds. The van der Waals surface area contributed by atoms with Crippen LogP contribution in [0.3, 0.4) is 0 Å². The molecule has 7 heteroatoms. The molecule has 2 rings (SSSR count). The maximum atomic E-state index is 13.7. The van der Waals surface area contributed by atoms with E-state index in [1.807, 2.05) is 82.3 Å². The van der Waals surface area contributed by atoms with E-state index < -0.39 is 23.3 Å². The average Bonchev–Trinajstić information content (AvgIpc) is 2.79. The molecule has 0 heterocycles. The molecule has 0 saturated carbocycles. The van der Waals surface area contributed by atoms with E-state index in [0.717, 1.165) is 16.7 Å². The highest BCUT2D eigenvalue weighted by Gasteiger charge is 2.40. The zero-order valence-electron chi connectivity index (χ0n) is 22.0. The smallest absolute Gasteiger partial charge is 0.408 e. The molecule has 0 aliphatic rings. The van der Waals surface area contributed by atoms with Crippen molar-refractivity contribution in [3.8, 4) is 0 Å². The fraction of sp³-hybridized carbons (Fsp3) is 0.464. The van der Waals surface area contributed by atoms with Crippen LogP contribution in [-0.4, -0.2) is 40.5 Å². The number of carbonyl (C=O) groups excluding carboxylic acids is 3. The normalized spacial score (nSPS) is 12.4. The van der Waals surface area contributed by atoms with Crippen molar-refractivity contribution in [2.75, 3.05) is 6.54 Å². The number of benzene rings is 2. The van der Waals surface area contributed by atoms with Crippen molar-refractivity contribution in [3.05, 3.63) is 71.3 Å². The van der Waals surface area contributed by atoms with E-state index in [4.69, 9.17) is 4.74 Å². The molecule has 1 unspecified atom stereocenters. The number of hydrogen-bond acceptors (Lipinski definition) is 4. The molecule has 0 saturated heterocycles. The van der Waals surface area contributed by atoms with Crippen LogP contribution < -0.4 is 10.6 Å². The summed E-state index contributed by atoms with van der Waals surface area (Å²) >= 11 is 0. The first-order valence-corrected chi connectivity index (χ1v) is 12.0. The van der Waals surface area contributed by atoms with Gasteiger partial charge in [0.1, 0.15) is 18.2 Å². The number of ether oxygens (including phenoxy) is 1. The van der Waals surface area contributed by atoms with E-state index in [0.29, 0.717) is 13.0 Å². The SMILES string of the molecule is CCC(C)(C)N(C(=O)CNC(=O)OC(C)(C)C)C(C(=O)NCc1ccccc1)c1ccccc1C. The topological polar surface area (TPSA) is 87.7 Å². The Hall–Kier alpha value is -3.35. The fourth-order valence-electron chi connectivity index (χ4n) is 3.72. The maximum absolute atomic E-state index is 13.7. The first kappa shape index (κ1) is 27.9. The molecular formula is C28H39N3O4. The molecule has 0 aliphatic heterocycles. The molecule has 0 radical (unpaired) electrons. The van der Waals surface area contributed by atoms with Gasteiger partial charge in [-0.05, 0) is 64.7 Å². The Bertz CT molecular complexity index is 1010. The number of carbonyl (C=O) groups is 3. The van der Waals surface area contributed by atoms with Crippen molar-refractivity contribution in [3.63, 3.8) is 0 Å². The van der Waals surface area contributed by atoms with Gasteiger partial charge in [-0.25, -0.2) is 4.79 Å². The minimum absolute atomic E-state index is 0.282. The van der Waals surface area contributed by atoms with Gasteiger partial charge >= 0.3 is 6.09 Å². The maximum Gasteiger partial charge on any atom is 0.408 e. The summed E-state index contributed by atoms with van der Waals surface area (Å²) in [6, 6.07) is 16.3. The largest absolute Gasteiger partial charge is 0.444 e. The first-order chi connectivity index (χ1) is 16.4. The van der Waals surface area contributed by atoms with Crippen LogP contribution in [0.5, 0.6) is 0 Å². The van der Waals surface area contributed by atoms with Gasteiger partial charge in [-0.1, -0.05) is 61.5 Å². The number of hydrogen-bond donors (Lipinski definition) is 2. The van der Waals surface area contributed by atoms with Gasteiger partial charge in [0.2, 0.25) is 11.8 Å². The first-order valence-electron chi connectivity index (χ1n) is 12.0. The molecule has 0 aliphatic carbocycles. The molecule has 35 heavy (non-hydrogen) atoms. The second kappa shape index (κ2) is 11.9. The van der Waals surface area contributed by atoms with Gasteiger partial charge in [0.15, 0.2) is 0 Å². The van der Waals surface area contributed by atoms with Crippen molar-refractivity contribution in [1.29, 1.82) is 0 Å². The summed E-state index contributed by atoms with van der Waals surface area (Å²) in [5.41, 5.74) is 1.26. The van der Waals surface area contributed by atoms with E-state index in [1.54, 1.807) is 25.7 Å². The Kier molecular flexibility index (Phi) is 9.46.